The van der Waals surface area contributed by atoms with Gasteiger partial charge < -0.3 is 34.2 Å². The molecule has 0 aliphatic carbocycles. The van der Waals surface area contributed by atoms with Gasteiger partial charge in [-0.05, 0) is 161 Å². The smallest absolute Gasteiger partial charge is 0.463 e. The number of hydrogen-bond donors (Lipinski definition) is 4. The number of carbonyl (C=O) groups excluding carboxylic acids is 3. The van der Waals surface area contributed by atoms with E-state index >= 15 is 0 Å². The van der Waals surface area contributed by atoms with Crippen LogP contribution >= 0.6 is 15.6 Å². The van der Waals surface area contributed by atoms with Crippen LogP contribution in [0.25, 0.3) is 0 Å². The van der Waals surface area contributed by atoms with Crippen molar-refractivity contribution in [2.75, 3.05) is 39.6 Å². The molecule has 0 heterocycles. The van der Waals surface area contributed by atoms with E-state index in [4.69, 9.17) is 32.3 Å². The summed E-state index contributed by atoms with van der Waals surface area (Å²) >= 11 is 0. The molecule has 0 saturated carbocycles. The number of aliphatic hydroxyl groups is 2. The summed E-state index contributed by atoms with van der Waals surface area (Å²) in [5.74, 6) is -1.60. The SMILES string of the molecule is CC/C=C\C/C=C\C/C=C\C/C=C\C/C=C\C/C=C\CCCCCCCCCCC(=O)OCC(COP(=O)(O)OCC(O)COP(=O)(O)OCC(O)COC(=O)CCCCCCCCCCCCCCCCCCCCC/C=C\C/C=C\C/C=C\C/C=C\CCCCC)OC(=O)CCCCCCC/C=C\C/C=C\C/C=C\C/C=C\C/C=C\CC. The molecule has 0 amide bonds. The van der Waals surface area contributed by atoms with Gasteiger partial charge in [0.15, 0.2) is 6.10 Å². The van der Waals surface area contributed by atoms with E-state index < -0.39 is 91.5 Å². The maximum Gasteiger partial charge on any atom is 0.472 e. The van der Waals surface area contributed by atoms with E-state index in [1.165, 1.54) is 135 Å². The van der Waals surface area contributed by atoms with Crippen LogP contribution in [-0.4, -0.2) is 95.9 Å². The highest BCUT2D eigenvalue weighted by atomic mass is 31.2. The second-order valence-corrected chi connectivity index (χ2v) is 34.0. The first-order valence-corrected chi connectivity index (χ1v) is 50.1. The lowest BCUT2D eigenvalue weighted by atomic mass is 10.0. The zero-order chi connectivity index (χ0) is 86.5. The average Bonchev–Trinajstić information content (AvgIpc) is 0.903. The largest absolute Gasteiger partial charge is 0.472 e. The average molecular weight is 1700 g/mol. The van der Waals surface area contributed by atoms with Crippen molar-refractivity contribution in [2.24, 2.45) is 0 Å². The van der Waals surface area contributed by atoms with Crippen molar-refractivity contribution < 1.29 is 75.8 Å². The Morgan fingerprint density at radius 3 is 0.706 bits per heavy atom. The van der Waals surface area contributed by atoms with Crippen molar-refractivity contribution in [1.82, 2.24) is 0 Å². The summed E-state index contributed by atoms with van der Waals surface area (Å²) < 4.78 is 61.5. The fraction of sp³-hybridized carbons (Fsp3) is 0.673. The highest BCUT2D eigenvalue weighted by molar-refractivity contribution is 7.47. The van der Waals surface area contributed by atoms with E-state index in [1.807, 2.05) is 0 Å². The molecule has 5 atom stereocenters. The topological polar surface area (TPSA) is 231 Å². The van der Waals surface area contributed by atoms with E-state index in [9.17, 15) is 43.5 Å². The normalized spacial score (nSPS) is 14.6. The first-order chi connectivity index (χ1) is 58.2. The number of hydrogen-bond acceptors (Lipinski definition) is 14. The lowest BCUT2D eigenvalue weighted by Gasteiger charge is -2.21. The molecule has 4 N–H and O–H groups in total. The number of rotatable bonds is 88. The van der Waals surface area contributed by atoms with E-state index in [2.05, 4.69) is 203 Å². The molecule has 0 aliphatic heterocycles. The number of allylic oxidation sites excluding steroid dienone is 30. The number of carbonyl (C=O) groups is 3. The van der Waals surface area contributed by atoms with Gasteiger partial charge >= 0.3 is 33.6 Å². The van der Waals surface area contributed by atoms with E-state index in [0.29, 0.717) is 19.3 Å². The monoisotopic (exact) mass is 1700 g/mol. The molecule has 0 aliphatic rings. The zero-order valence-corrected chi connectivity index (χ0v) is 76.8. The van der Waals surface area contributed by atoms with Gasteiger partial charge in [-0.25, -0.2) is 9.13 Å². The van der Waals surface area contributed by atoms with Crippen LogP contribution in [0.3, 0.4) is 0 Å². The van der Waals surface area contributed by atoms with Gasteiger partial charge in [0.2, 0.25) is 0 Å². The van der Waals surface area contributed by atoms with Crippen LogP contribution in [0.4, 0.5) is 0 Å². The highest BCUT2D eigenvalue weighted by Crippen LogP contribution is 2.45. The number of phosphoric ester groups is 2. The Morgan fingerprint density at radius 1 is 0.244 bits per heavy atom. The molecule has 0 aromatic heterocycles. The molecule has 0 bridgehead atoms. The molecule has 18 heteroatoms. The molecule has 0 fully saturated rings. The summed E-state index contributed by atoms with van der Waals surface area (Å²) in [4.78, 5) is 59.0. The van der Waals surface area contributed by atoms with Crippen LogP contribution in [0.15, 0.2) is 182 Å². The van der Waals surface area contributed by atoms with Crippen molar-refractivity contribution in [1.29, 1.82) is 0 Å². The molecule has 0 radical (unpaired) electrons. The first kappa shape index (κ1) is 114. The van der Waals surface area contributed by atoms with Gasteiger partial charge in [0, 0.05) is 19.3 Å². The molecule has 0 saturated heterocycles. The number of aliphatic hydroxyl groups excluding tert-OH is 2. The Kier molecular flexibility index (Phi) is 87.7. The van der Waals surface area contributed by atoms with Crippen molar-refractivity contribution in [3.05, 3.63) is 182 Å². The Hall–Kier alpha value is -5.35. The van der Waals surface area contributed by atoms with Crippen molar-refractivity contribution in [3.8, 4) is 0 Å². The number of esters is 3. The standard InChI is InChI=1S/C101H170O16P2/c1-4-7-10-13-16-19-22-25-28-31-34-37-39-41-43-44-45-46-47-48-49-50-52-54-55-58-60-63-66-69-72-75-78-81-84-87-99(104)111-90-96(102)91-113-118(107,108)114-92-97(103)93-115-119(109,110)116-95-98(117-101(106)89-86-83-80-77-74-71-68-65-62-57-36-33-30-27-24-21-18-15-12-9-6-3)94-112-100(105)88-85-82-79-76-73-70-67-64-61-59-56-53-51-42-40-38-35-32-29-26-23-20-17-14-11-8-5-2/h8-9,11-12,16-21,25-30,34-38,41-43,51,56-57,59,65,68,96-98,102-103H,4-7,10,13-15,22-24,31-33,39-40,44-50,52-55,58,60-64,66-67,69-95H2,1-3H3,(H,107,108)(H,109,110)/b11-8-,12-9-,19-16-,20-17-,21-18-,28-25-,29-26-,30-27-,37-34-,38-35-,43-41-,51-42-,57-36-,59-56-,68-65-. The van der Waals surface area contributed by atoms with Gasteiger partial charge in [-0.15, -0.1) is 0 Å². The van der Waals surface area contributed by atoms with E-state index in [-0.39, 0.29) is 19.3 Å². The summed E-state index contributed by atoms with van der Waals surface area (Å²) in [5, 5.41) is 20.7. The van der Waals surface area contributed by atoms with Gasteiger partial charge in [-0.2, -0.15) is 0 Å². The van der Waals surface area contributed by atoms with Gasteiger partial charge in [-0.3, -0.25) is 32.5 Å². The van der Waals surface area contributed by atoms with Gasteiger partial charge in [0.25, 0.3) is 0 Å². The maximum absolute atomic E-state index is 13.1. The Morgan fingerprint density at radius 2 is 0.445 bits per heavy atom. The summed E-state index contributed by atoms with van der Waals surface area (Å²) in [6, 6.07) is 0. The fourth-order valence-electron chi connectivity index (χ4n) is 12.5. The number of ether oxygens (including phenoxy) is 3. The molecule has 16 nitrogen and oxygen atoms in total. The fourth-order valence-corrected chi connectivity index (χ4v) is 14.1. The van der Waals surface area contributed by atoms with Crippen LogP contribution in [0.2, 0.25) is 0 Å². The summed E-state index contributed by atoms with van der Waals surface area (Å²) in [6.45, 7) is 2.43. The van der Waals surface area contributed by atoms with E-state index in [0.717, 1.165) is 186 Å². The molecular formula is C101H170O16P2. The molecule has 5 unspecified atom stereocenters. The lowest BCUT2D eigenvalue weighted by Crippen LogP contribution is -2.30. The van der Waals surface area contributed by atoms with Crippen LogP contribution in [0.5, 0.6) is 0 Å². The minimum Gasteiger partial charge on any atom is -0.463 e. The van der Waals surface area contributed by atoms with Crippen LogP contribution in [0.1, 0.15) is 380 Å². The molecule has 119 heavy (non-hydrogen) atoms. The zero-order valence-electron chi connectivity index (χ0n) is 75.0. The van der Waals surface area contributed by atoms with Gasteiger partial charge in [0.05, 0.1) is 26.4 Å². The minimum absolute atomic E-state index is 0.0743. The Bertz CT molecular complexity index is 2890. The lowest BCUT2D eigenvalue weighted by molar-refractivity contribution is -0.161. The van der Waals surface area contributed by atoms with Crippen LogP contribution < -0.4 is 0 Å². The molecular weight excluding hydrogens is 1530 g/mol. The quantitative estimate of drug-likeness (QED) is 0.0146. The van der Waals surface area contributed by atoms with Gasteiger partial charge in [-0.1, -0.05) is 383 Å². The van der Waals surface area contributed by atoms with E-state index in [1.54, 1.807) is 0 Å². The van der Waals surface area contributed by atoms with Crippen LogP contribution in [0, 0.1) is 0 Å². The first-order valence-electron chi connectivity index (χ1n) is 47.1. The molecule has 0 spiro atoms. The second kappa shape index (κ2) is 91.8. The third kappa shape index (κ3) is 93.2. The highest BCUT2D eigenvalue weighted by Gasteiger charge is 2.29. The summed E-state index contributed by atoms with van der Waals surface area (Å²) in [6.07, 6.45) is 121. The Balaban J connectivity index is 4.56. The molecule has 680 valence electrons. The third-order valence-electron chi connectivity index (χ3n) is 19.6. The van der Waals surface area contributed by atoms with Gasteiger partial charge in [0.1, 0.15) is 25.4 Å². The molecule has 0 aromatic carbocycles. The van der Waals surface area contributed by atoms with Crippen LogP contribution in [-0.2, 0) is 55.8 Å². The predicted octanol–water partition coefficient (Wildman–Crippen LogP) is 29.2. The van der Waals surface area contributed by atoms with Crippen molar-refractivity contribution >= 4 is 33.6 Å². The second-order valence-electron chi connectivity index (χ2n) is 31.0. The Labute approximate surface area is 725 Å². The molecule has 0 rings (SSSR count). The van der Waals surface area contributed by atoms with Crippen molar-refractivity contribution in [3.63, 3.8) is 0 Å². The summed E-state index contributed by atoms with van der Waals surface area (Å²) in [5.41, 5.74) is 0. The third-order valence-corrected chi connectivity index (χ3v) is 21.5. The minimum atomic E-state index is -4.95. The molecule has 0 aromatic rings. The predicted molar refractivity (Wildman–Crippen MR) is 500 cm³/mol. The number of phosphoric acid groups is 2. The number of unbranched alkanes of at least 4 members (excludes halogenated alkanes) is 35. The maximum atomic E-state index is 13.1. The summed E-state index contributed by atoms with van der Waals surface area (Å²) in [7, 11) is -9.83. The van der Waals surface area contributed by atoms with Crippen molar-refractivity contribution in [2.45, 2.75) is 399 Å².